The lowest BCUT2D eigenvalue weighted by atomic mass is 10.1. The van der Waals surface area contributed by atoms with Crippen LogP contribution in [0.1, 0.15) is 23.6 Å². The van der Waals surface area contributed by atoms with Crippen LogP contribution in [0.25, 0.3) is 0 Å². The normalized spacial score (nSPS) is 12.8. The quantitative estimate of drug-likeness (QED) is 0.685. The molecule has 0 saturated heterocycles. The molecule has 0 saturated carbocycles. The highest BCUT2D eigenvalue weighted by Gasteiger charge is 2.24. The number of nitrogens with one attached hydrogen (secondary N) is 3. The van der Waals surface area contributed by atoms with Crippen molar-refractivity contribution in [3.63, 3.8) is 0 Å². The number of carbonyl (C=O) groups excluding carboxylic acids is 2. The van der Waals surface area contributed by atoms with Gasteiger partial charge in [-0.25, -0.2) is 0 Å². The standard InChI is InChI=1S/C22H29N3O3/c1-14-10-15(2)21(16(3)11-14)24-20(26)13-25(5)17(4)22(27)23-18-8-7-9-19(12-18)28-6/h7-12,17H,13H2,1-6H3,(H,23,27)(H,24,26)/p+1/t17-/m1/s1. The van der Waals surface area contributed by atoms with Crippen LogP contribution in [0.2, 0.25) is 0 Å². The Bertz CT molecular complexity index is 841. The lowest BCUT2D eigenvalue weighted by Gasteiger charge is -2.21. The zero-order valence-corrected chi connectivity index (χ0v) is 17.5. The largest absolute Gasteiger partial charge is 0.497 e. The molecule has 2 rings (SSSR count). The zero-order valence-electron chi connectivity index (χ0n) is 17.5. The van der Waals surface area contributed by atoms with Crippen LogP contribution in [-0.2, 0) is 9.59 Å². The van der Waals surface area contributed by atoms with E-state index in [1.54, 1.807) is 26.2 Å². The lowest BCUT2D eigenvalue weighted by molar-refractivity contribution is -0.885. The highest BCUT2D eigenvalue weighted by molar-refractivity contribution is 5.95. The number of anilines is 2. The summed E-state index contributed by atoms with van der Waals surface area (Å²) in [6, 6.07) is 10.9. The van der Waals surface area contributed by atoms with Crippen LogP contribution in [-0.4, -0.2) is 38.6 Å². The van der Waals surface area contributed by atoms with Gasteiger partial charge in [0.1, 0.15) is 5.75 Å². The summed E-state index contributed by atoms with van der Waals surface area (Å²) in [6.07, 6.45) is 0. The molecule has 6 heteroatoms. The van der Waals surface area contributed by atoms with E-state index in [1.807, 2.05) is 52.1 Å². The van der Waals surface area contributed by atoms with Gasteiger partial charge >= 0.3 is 0 Å². The number of hydrogen-bond acceptors (Lipinski definition) is 3. The topological polar surface area (TPSA) is 71.9 Å². The number of hydrogen-bond donors (Lipinski definition) is 3. The van der Waals surface area contributed by atoms with Crippen LogP contribution < -0.4 is 20.3 Å². The highest BCUT2D eigenvalue weighted by atomic mass is 16.5. The molecule has 2 aromatic carbocycles. The first-order valence-corrected chi connectivity index (χ1v) is 9.36. The van der Waals surface area contributed by atoms with Gasteiger partial charge in [-0.05, 0) is 51.0 Å². The number of carbonyl (C=O) groups is 2. The second kappa shape index (κ2) is 9.37. The van der Waals surface area contributed by atoms with Gasteiger partial charge in [-0.2, -0.15) is 0 Å². The predicted octanol–water partition coefficient (Wildman–Crippen LogP) is 2.10. The molecule has 0 aromatic heterocycles. The minimum Gasteiger partial charge on any atom is -0.497 e. The summed E-state index contributed by atoms with van der Waals surface area (Å²) in [6.45, 7) is 8.00. The van der Waals surface area contributed by atoms with Gasteiger partial charge in [-0.1, -0.05) is 23.8 Å². The Labute approximate surface area is 166 Å². The number of rotatable bonds is 7. The Morgan fingerprint density at radius 2 is 1.71 bits per heavy atom. The lowest BCUT2D eigenvalue weighted by Crippen LogP contribution is -3.14. The average molecular weight is 385 g/mol. The maximum absolute atomic E-state index is 12.5. The molecule has 1 unspecified atom stereocenters. The van der Waals surface area contributed by atoms with Crippen molar-refractivity contribution in [2.45, 2.75) is 33.7 Å². The van der Waals surface area contributed by atoms with Crippen LogP contribution in [0.5, 0.6) is 5.75 Å². The monoisotopic (exact) mass is 384 g/mol. The summed E-state index contributed by atoms with van der Waals surface area (Å²) < 4.78 is 5.17. The molecule has 0 heterocycles. The number of methoxy groups -OCH3 is 1. The summed E-state index contributed by atoms with van der Waals surface area (Å²) in [7, 11) is 3.42. The van der Waals surface area contributed by atoms with Crippen LogP contribution in [0, 0.1) is 20.8 Å². The first kappa shape index (κ1) is 21.4. The van der Waals surface area contributed by atoms with Gasteiger partial charge in [-0.3, -0.25) is 9.59 Å². The van der Waals surface area contributed by atoms with Crippen LogP contribution in [0.4, 0.5) is 11.4 Å². The van der Waals surface area contributed by atoms with Gasteiger partial charge in [0.15, 0.2) is 12.6 Å². The molecule has 0 bridgehead atoms. The number of ether oxygens (including phenoxy) is 1. The summed E-state index contributed by atoms with van der Waals surface area (Å²) in [5.74, 6) is 0.407. The molecule has 0 radical (unpaired) electrons. The smallest absolute Gasteiger partial charge is 0.282 e. The zero-order chi connectivity index (χ0) is 20.8. The van der Waals surface area contributed by atoms with E-state index in [4.69, 9.17) is 4.74 Å². The van der Waals surface area contributed by atoms with Crippen molar-refractivity contribution in [2.24, 2.45) is 0 Å². The molecule has 0 aliphatic rings. The second-order valence-corrected chi connectivity index (χ2v) is 7.29. The fourth-order valence-corrected chi connectivity index (χ4v) is 3.14. The van der Waals surface area contributed by atoms with Crippen molar-refractivity contribution < 1.29 is 19.2 Å². The Kier molecular flexibility index (Phi) is 7.18. The molecule has 0 aliphatic heterocycles. The molecule has 6 nitrogen and oxygen atoms in total. The number of likely N-dealkylation sites (N-methyl/N-ethyl adjacent to an activating group) is 1. The van der Waals surface area contributed by atoms with Gasteiger partial charge in [0.25, 0.3) is 11.8 Å². The van der Waals surface area contributed by atoms with E-state index in [0.29, 0.717) is 11.4 Å². The third-order valence-corrected chi connectivity index (χ3v) is 4.85. The van der Waals surface area contributed by atoms with Gasteiger partial charge in [-0.15, -0.1) is 0 Å². The Balaban J connectivity index is 1.96. The molecule has 2 aromatic rings. The van der Waals surface area contributed by atoms with Crippen molar-refractivity contribution in [3.05, 3.63) is 53.1 Å². The second-order valence-electron chi connectivity index (χ2n) is 7.29. The third-order valence-electron chi connectivity index (χ3n) is 4.85. The highest BCUT2D eigenvalue weighted by Crippen LogP contribution is 2.21. The van der Waals surface area contributed by atoms with Crippen LogP contribution in [0.3, 0.4) is 0 Å². The van der Waals surface area contributed by atoms with E-state index >= 15 is 0 Å². The molecule has 3 N–H and O–H groups in total. The Hall–Kier alpha value is -2.86. The summed E-state index contributed by atoms with van der Waals surface area (Å²) in [5, 5.41) is 5.86. The predicted molar refractivity (Wildman–Crippen MR) is 112 cm³/mol. The molecule has 2 amide bonds. The van der Waals surface area contributed by atoms with E-state index in [0.717, 1.165) is 21.7 Å². The number of quaternary nitrogens is 1. The van der Waals surface area contributed by atoms with E-state index in [1.165, 1.54) is 5.56 Å². The number of amides is 2. The molecular formula is C22H30N3O3+. The number of benzene rings is 2. The minimum absolute atomic E-state index is 0.117. The molecular weight excluding hydrogens is 354 g/mol. The molecule has 0 spiro atoms. The summed E-state index contributed by atoms with van der Waals surface area (Å²) >= 11 is 0. The summed E-state index contributed by atoms with van der Waals surface area (Å²) in [5.41, 5.74) is 4.74. The molecule has 28 heavy (non-hydrogen) atoms. The van der Waals surface area contributed by atoms with E-state index in [9.17, 15) is 9.59 Å². The number of aryl methyl sites for hydroxylation is 3. The first-order valence-electron chi connectivity index (χ1n) is 9.36. The fraction of sp³-hybridized carbons (Fsp3) is 0.364. The molecule has 0 aliphatic carbocycles. The molecule has 0 fully saturated rings. The van der Waals surface area contributed by atoms with Crippen molar-refractivity contribution in [2.75, 3.05) is 31.3 Å². The average Bonchev–Trinajstić information content (AvgIpc) is 2.64. The third kappa shape index (κ3) is 5.57. The van der Waals surface area contributed by atoms with Gasteiger partial charge < -0.3 is 20.3 Å². The Morgan fingerprint density at radius 1 is 1.07 bits per heavy atom. The van der Waals surface area contributed by atoms with Crippen molar-refractivity contribution in [1.29, 1.82) is 0 Å². The SMILES string of the molecule is COc1cccc(NC(=O)[C@@H](C)[NH+](C)CC(=O)Nc2c(C)cc(C)cc2C)c1. The first-order chi connectivity index (χ1) is 13.2. The maximum atomic E-state index is 12.5. The van der Waals surface area contributed by atoms with E-state index in [2.05, 4.69) is 10.6 Å². The maximum Gasteiger partial charge on any atom is 0.282 e. The fourth-order valence-electron chi connectivity index (χ4n) is 3.14. The van der Waals surface area contributed by atoms with E-state index < -0.39 is 6.04 Å². The molecule has 2 atom stereocenters. The molecule has 150 valence electrons. The van der Waals surface area contributed by atoms with Crippen molar-refractivity contribution in [3.8, 4) is 5.75 Å². The summed E-state index contributed by atoms with van der Waals surface area (Å²) in [4.78, 5) is 25.8. The van der Waals surface area contributed by atoms with Crippen LogP contribution >= 0.6 is 0 Å². The minimum atomic E-state index is -0.392. The van der Waals surface area contributed by atoms with E-state index in [-0.39, 0.29) is 18.4 Å². The van der Waals surface area contributed by atoms with Crippen molar-refractivity contribution in [1.82, 2.24) is 0 Å². The van der Waals surface area contributed by atoms with Gasteiger partial charge in [0, 0.05) is 17.4 Å². The van der Waals surface area contributed by atoms with Crippen molar-refractivity contribution >= 4 is 23.2 Å². The Morgan fingerprint density at radius 3 is 2.32 bits per heavy atom. The van der Waals surface area contributed by atoms with Gasteiger partial charge in [0.05, 0.1) is 14.2 Å². The van der Waals surface area contributed by atoms with Gasteiger partial charge in [0.2, 0.25) is 0 Å². The van der Waals surface area contributed by atoms with Crippen LogP contribution in [0.15, 0.2) is 36.4 Å².